The number of carbonyl (C=O) groups is 1. The van der Waals surface area contributed by atoms with E-state index in [4.69, 9.17) is 0 Å². The second-order valence-corrected chi connectivity index (χ2v) is 7.85. The highest BCUT2D eigenvalue weighted by molar-refractivity contribution is 7.89. The Bertz CT molecular complexity index is 841. The molecular formula is C18H19NO3S. The van der Waals surface area contributed by atoms with Crippen molar-refractivity contribution in [1.29, 1.82) is 0 Å². The zero-order valence-electron chi connectivity index (χ0n) is 13.2. The van der Waals surface area contributed by atoms with Crippen molar-refractivity contribution in [3.05, 3.63) is 65.2 Å². The number of Topliss-reactive ketones (excluding diaryl/α,β-unsaturated/α-hetero) is 1. The summed E-state index contributed by atoms with van der Waals surface area (Å²) in [4.78, 5) is 11.5. The third-order valence-corrected chi connectivity index (χ3v) is 6.36. The first kappa shape index (κ1) is 15.9. The molecule has 3 rings (SSSR count). The van der Waals surface area contributed by atoms with Crippen LogP contribution in [0.25, 0.3) is 0 Å². The van der Waals surface area contributed by atoms with Gasteiger partial charge >= 0.3 is 0 Å². The van der Waals surface area contributed by atoms with Crippen LogP contribution in [0.1, 0.15) is 40.9 Å². The van der Waals surface area contributed by atoms with Crippen molar-refractivity contribution >= 4 is 15.8 Å². The molecule has 23 heavy (non-hydrogen) atoms. The lowest BCUT2D eigenvalue weighted by Crippen LogP contribution is -2.30. The number of sulfonamides is 1. The second kappa shape index (κ2) is 5.91. The van der Waals surface area contributed by atoms with Crippen LogP contribution in [0.15, 0.2) is 53.4 Å². The Hall–Kier alpha value is -1.98. The number of hydrogen-bond donors (Lipinski definition) is 0. The van der Waals surface area contributed by atoms with E-state index in [0.717, 1.165) is 18.4 Å². The van der Waals surface area contributed by atoms with Crippen molar-refractivity contribution in [2.24, 2.45) is 0 Å². The lowest BCUT2D eigenvalue weighted by atomic mass is 10.1. The summed E-state index contributed by atoms with van der Waals surface area (Å²) in [5, 5.41) is 0. The minimum atomic E-state index is -3.59. The van der Waals surface area contributed by atoms with Crippen LogP contribution >= 0.6 is 0 Å². The van der Waals surface area contributed by atoms with Crippen molar-refractivity contribution in [3.63, 3.8) is 0 Å². The molecule has 5 heteroatoms. The molecule has 0 radical (unpaired) electrons. The van der Waals surface area contributed by atoms with Gasteiger partial charge in [0.1, 0.15) is 0 Å². The molecule has 1 aliphatic carbocycles. The zero-order chi connectivity index (χ0) is 16.6. The molecular weight excluding hydrogens is 310 g/mol. The molecule has 1 aliphatic rings. The molecule has 0 saturated carbocycles. The van der Waals surface area contributed by atoms with Crippen molar-refractivity contribution in [2.75, 3.05) is 7.05 Å². The number of rotatable bonds is 4. The van der Waals surface area contributed by atoms with Crippen LogP contribution in [-0.4, -0.2) is 25.6 Å². The van der Waals surface area contributed by atoms with Crippen LogP contribution in [0.2, 0.25) is 0 Å². The molecule has 0 N–H and O–H groups in total. The van der Waals surface area contributed by atoms with Crippen molar-refractivity contribution in [3.8, 4) is 0 Å². The molecule has 0 amide bonds. The summed E-state index contributed by atoms with van der Waals surface area (Å²) >= 11 is 0. The molecule has 0 fully saturated rings. The Balaban J connectivity index is 1.92. The van der Waals surface area contributed by atoms with Gasteiger partial charge in [-0.1, -0.05) is 36.4 Å². The summed E-state index contributed by atoms with van der Waals surface area (Å²) in [6, 6.07) is 14.0. The third kappa shape index (κ3) is 2.82. The van der Waals surface area contributed by atoms with Crippen LogP contribution < -0.4 is 0 Å². The van der Waals surface area contributed by atoms with Gasteiger partial charge in [0.05, 0.1) is 10.9 Å². The molecule has 0 spiro atoms. The zero-order valence-corrected chi connectivity index (χ0v) is 14.0. The highest BCUT2D eigenvalue weighted by Gasteiger charge is 2.33. The molecule has 1 atom stereocenters. The fraction of sp³-hybridized carbons (Fsp3) is 0.278. The second-order valence-electron chi connectivity index (χ2n) is 5.86. The van der Waals surface area contributed by atoms with Gasteiger partial charge in [0.25, 0.3) is 0 Å². The first-order valence-electron chi connectivity index (χ1n) is 7.58. The number of benzene rings is 2. The molecule has 120 valence electrons. The molecule has 0 saturated heterocycles. The third-order valence-electron chi connectivity index (χ3n) is 4.48. The summed E-state index contributed by atoms with van der Waals surface area (Å²) in [7, 11) is -1.96. The molecule has 2 aromatic carbocycles. The predicted octanol–water partition coefficient (Wildman–Crippen LogP) is 3.20. The number of ketones is 1. The van der Waals surface area contributed by atoms with Gasteiger partial charge in [-0.15, -0.1) is 0 Å². The van der Waals surface area contributed by atoms with E-state index in [1.165, 1.54) is 28.9 Å². The lowest BCUT2D eigenvalue weighted by Gasteiger charge is -2.25. The lowest BCUT2D eigenvalue weighted by molar-refractivity contribution is 0.101. The maximum absolute atomic E-state index is 12.9. The Morgan fingerprint density at radius 3 is 2.39 bits per heavy atom. The van der Waals surface area contributed by atoms with E-state index in [0.29, 0.717) is 5.56 Å². The number of carbonyl (C=O) groups excluding carboxylic acids is 1. The number of hydrogen-bond acceptors (Lipinski definition) is 3. The Morgan fingerprint density at radius 1 is 1.09 bits per heavy atom. The van der Waals surface area contributed by atoms with Crippen LogP contribution in [0.5, 0.6) is 0 Å². The van der Waals surface area contributed by atoms with E-state index >= 15 is 0 Å². The molecule has 0 aromatic heterocycles. The molecule has 0 bridgehead atoms. The number of aryl methyl sites for hydroxylation is 1. The van der Waals surface area contributed by atoms with Crippen LogP contribution in [0, 0.1) is 0 Å². The maximum Gasteiger partial charge on any atom is 0.243 e. The van der Waals surface area contributed by atoms with E-state index in [2.05, 4.69) is 6.07 Å². The van der Waals surface area contributed by atoms with Crippen LogP contribution in [0.3, 0.4) is 0 Å². The standard InChI is InChI=1S/C18H19NO3S/c1-13(20)14-7-10-16(11-8-14)23(21,22)19(2)18-12-9-15-5-3-4-6-17(15)18/h3-8,10-11,18H,9,12H2,1-2H3. The Kier molecular flexibility index (Phi) is 4.08. The summed E-state index contributed by atoms with van der Waals surface area (Å²) in [6.45, 7) is 1.46. The Morgan fingerprint density at radius 2 is 1.74 bits per heavy atom. The topological polar surface area (TPSA) is 54.5 Å². The highest BCUT2D eigenvalue weighted by Crippen LogP contribution is 2.37. The van der Waals surface area contributed by atoms with Crippen LogP contribution in [-0.2, 0) is 16.4 Å². The normalized spacial score (nSPS) is 17.3. The van der Waals surface area contributed by atoms with Crippen molar-refractivity contribution < 1.29 is 13.2 Å². The van der Waals surface area contributed by atoms with Gasteiger partial charge in [-0.05, 0) is 43.0 Å². The van der Waals surface area contributed by atoms with Gasteiger partial charge in [-0.25, -0.2) is 8.42 Å². The molecule has 2 aromatic rings. The Labute approximate surface area is 136 Å². The quantitative estimate of drug-likeness (QED) is 0.810. The fourth-order valence-corrected chi connectivity index (χ4v) is 4.47. The van der Waals surface area contributed by atoms with Crippen LogP contribution in [0.4, 0.5) is 0 Å². The van der Waals surface area contributed by atoms with Gasteiger partial charge in [0.2, 0.25) is 10.0 Å². The molecule has 0 aliphatic heterocycles. The smallest absolute Gasteiger partial charge is 0.243 e. The first-order valence-corrected chi connectivity index (χ1v) is 9.02. The summed E-state index contributed by atoms with van der Waals surface area (Å²) in [5.74, 6) is -0.0768. The minimum absolute atomic E-state index is 0.0768. The highest BCUT2D eigenvalue weighted by atomic mass is 32.2. The van der Waals surface area contributed by atoms with E-state index in [-0.39, 0.29) is 16.7 Å². The van der Waals surface area contributed by atoms with E-state index < -0.39 is 10.0 Å². The minimum Gasteiger partial charge on any atom is -0.295 e. The van der Waals surface area contributed by atoms with E-state index in [1.54, 1.807) is 19.2 Å². The van der Waals surface area contributed by atoms with Gasteiger partial charge in [-0.2, -0.15) is 4.31 Å². The van der Waals surface area contributed by atoms with E-state index in [1.807, 2.05) is 18.2 Å². The average Bonchev–Trinajstić information content (AvgIpc) is 2.98. The fourth-order valence-electron chi connectivity index (χ4n) is 3.11. The predicted molar refractivity (Wildman–Crippen MR) is 88.9 cm³/mol. The van der Waals surface area contributed by atoms with Gasteiger partial charge in [0, 0.05) is 12.6 Å². The summed E-state index contributed by atoms with van der Waals surface area (Å²) in [5.41, 5.74) is 2.81. The van der Waals surface area contributed by atoms with Crippen molar-refractivity contribution in [1.82, 2.24) is 4.31 Å². The first-order chi connectivity index (χ1) is 10.9. The van der Waals surface area contributed by atoms with Gasteiger partial charge in [-0.3, -0.25) is 4.79 Å². The maximum atomic E-state index is 12.9. The largest absolute Gasteiger partial charge is 0.295 e. The average molecular weight is 329 g/mol. The summed E-state index contributed by atoms with van der Waals surface area (Å²) in [6.07, 6.45) is 1.69. The van der Waals surface area contributed by atoms with Gasteiger partial charge < -0.3 is 0 Å². The van der Waals surface area contributed by atoms with Gasteiger partial charge in [0.15, 0.2) is 5.78 Å². The molecule has 1 unspecified atom stereocenters. The SMILES string of the molecule is CC(=O)c1ccc(S(=O)(=O)N(C)C2CCc3ccccc32)cc1. The van der Waals surface area contributed by atoms with Crippen molar-refractivity contribution in [2.45, 2.75) is 30.7 Å². The number of fused-ring (bicyclic) bond motifs is 1. The van der Waals surface area contributed by atoms with E-state index in [9.17, 15) is 13.2 Å². The number of nitrogens with zero attached hydrogens (tertiary/aromatic N) is 1. The molecule has 0 heterocycles. The molecule has 4 nitrogen and oxygen atoms in total. The summed E-state index contributed by atoms with van der Waals surface area (Å²) < 4.78 is 27.1. The monoisotopic (exact) mass is 329 g/mol.